The van der Waals surface area contributed by atoms with E-state index in [1.54, 1.807) is 29.5 Å². The third-order valence-corrected chi connectivity index (χ3v) is 4.94. The fourth-order valence-corrected chi connectivity index (χ4v) is 3.77. The third kappa shape index (κ3) is 2.53. The van der Waals surface area contributed by atoms with Crippen molar-refractivity contribution in [3.63, 3.8) is 0 Å². The summed E-state index contributed by atoms with van der Waals surface area (Å²) >= 11 is 7.82. The summed E-state index contributed by atoms with van der Waals surface area (Å²) in [7, 11) is 0. The second kappa shape index (κ2) is 5.46. The quantitative estimate of drug-likeness (QED) is 0.823. The van der Waals surface area contributed by atoms with Crippen LogP contribution in [0.2, 0.25) is 5.02 Å². The van der Waals surface area contributed by atoms with Crippen molar-refractivity contribution in [2.45, 2.75) is 25.2 Å². The lowest BCUT2D eigenvalue weighted by Gasteiger charge is -2.22. The summed E-state index contributed by atoms with van der Waals surface area (Å²) in [5.41, 5.74) is 8.07. The molecule has 0 aliphatic heterocycles. The molecule has 3 N–H and O–H groups in total. The molecule has 0 saturated heterocycles. The molecule has 3 nitrogen and oxygen atoms in total. The van der Waals surface area contributed by atoms with Crippen LogP contribution < -0.4 is 11.1 Å². The molecule has 3 rings (SSSR count). The van der Waals surface area contributed by atoms with Gasteiger partial charge in [0.1, 0.15) is 0 Å². The number of thiophene rings is 1. The van der Waals surface area contributed by atoms with E-state index in [0.717, 1.165) is 19.3 Å². The van der Waals surface area contributed by atoms with Gasteiger partial charge < -0.3 is 11.1 Å². The third-order valence-electron chi connectivity index (χ3n) is 3.62. The van der Waals surface area contributed by atoms with Gasteiger partial charge in [0.05, 0.1) is 16.6 Å². The standard InChI is InChI=1S/C15H15ClN2OS/c16-12-5-4-9(17)8-13(12)18-15(19)11-2-1-3-14-10(11)6-7-20-14/h4-8,11H,1-3,17H2,(H,18,19). The van der Waals surface area contributed by atoms with E-state index in [4.69, 9.17) is 17.3 Å². The molecule has 1 unspecified atom stereocenters. The Morgan fingerprint density at radius 2 is 2.25 bits per heavy atom. The van der Waals surface area contributed by atoms with Crippen LogP contribution in [0.5, 0.6) is 0 Å². The number of carbonyl (C=O) groups excluding carboxylic acids is 1. The molecule has 1 aromatic heterocycles. The number of rotatable bonds is 2. The minimum Gasteiger partial charge on any atom is -0.399 e. The van der Waals surface area contributed by atoms with Crippen molar-refractivity contribution in [2.24, 2.45) is 0 Å². The topological polar surface area (TPSA) is 55.1 Å². The SMILES string of the molecule is Nc1ccc(Cl)c(NC(=O)C2CCCc3sccc32)c1. The number of carbonyl (C=O) groups is 1. The maximum Gasteiger partial charge on any atom is 0.231 e. The largest absolute Gasteiger partial charge is 0.399 e. The zero-order valence-electron chi connectivity index (χ0n) is 10.9. The number of aryl methyl sites for hydroxylation is 1. The number of anilines is 2. The molecule has 0 bridgehead atoms. The molecule has 0 fully saturated rings. The van der Waals surface area contributed by atoms with E-state index >= 15 is 0 Å². The normalized spacial score (nSPS) is 17.6. The first kappa shape index (κ1) is 13.5. The summed E-state index contributed by atoms with van der Waals surface area (Å²) < 4.78 is 0. The Kier molecular flexibility index (Phi) is 3.68. The number of hydrogen-bond donors (Lipinski definition) is 2. The molecule has 1 aromatic carbocycles. The van der Waals surface area contributed by atoms with Crippen molar-refractivity contribution >= 4 is 40.2 Å². The molecule has 0 spiro atoms. The number of benzene rings is 1. The highest BCUT2D eigenvalue weighted by molar-refractivity contribution is 7.10. The summed E-state index contributed by atoms with van der Waals surface area (Å²) in [5, 5.41) is 5.47. The van der Waals surface area contributed by atoms with Gasteiger partial charge in [-0.3, -0.25) is 4.79 Å². The minimum atomic E-state index is -0.0810. The van der Waals surface area contributed by atoms with Crippen molar-refractivity contribution in [3.8, 4) is 0 Å². The molecule has 2 aromatic rings. The predicted octanol–water partition coefficient (Wildman–Crippen LogP) is 4.04. The van der Waals surface area contributed by atoms with Gasteiger partial charge in [0.25, 0.3) is 0 Å². The lowest BCUT2D eigenvalue weighted by Crippen LogP contribution is -2.24. The highest BCUT2D eigenvalue weighted by Gasteiger charge is 2.27. The number of fused-ring (bicyclic) bond motifs is 1. The molecule has 1 amide bonds. The second-order valence-electron chi connectivity index (χ2n) is 4.97. The van der Waals surface area contributed by atoms with Crippen LogP contribution in [0.15, 0.2) is 29.6 Å². The van der Waals surface area contributed by atoms with E-state index in [0.29, 0.717) is 16.4 Å². The Labute approximate surface area is 126 Å². The molecule has 1 heterocycles. The summed E-state index contributed by atoms with van der Waals surface area (Å²) in [6, 6.07) is 7.17. The van der Waals surface area contributed by atoms with Gasteiger partial charge in [-0.15, -0.1) is 11.3 Å². The number of halogens is 1. The Morgan fingerprint density at radius 1 is 1.40 bits per heavy atom. The molecule has 1 atom stereocenters. The lowest BCUT2D eigenvalue weighted by molar-refractivity contribution is -0.117. The summed E-state index contributed by atoms with van der Waals surface area (Å²) in [5.74, 6) is -0.0839. The highest BCUT2D eigenvalue weighted by Crippen LogP contribution is 2.36. The van der Waals surface area contributed by atoms with Crippen molar-refractivity contribution < 1.29 is 4.79 Å². The van der Waals surface area contributed by atoms with Gasteiger partial charge in [-0.1, -0.05) is 11.6 Å². The average Bonchev–Trinajstić information content (AvgIpc) is 2.91. The summed E-state index contributed by atoms with van der Waals surface area (Å²) in [4.78, 5) is 13.8. The van der Waals surface area contributed by atoms with E-state index in [-0.39, 0.29) is 11.8 Å². The van der Waals surface area contributed by atoms with Crippen LogP contribution in [-0.4, -0.2) is 5.91 Å². The molecule has 104 valence electrons. The van der Waals surface area contributed by atoms with E-state index < -0.39 is 0 Å². The van der Waals surface area contributed by atoms with Gasteiger partial charge in [-0.25, -0.2) is 0 Å². The average molecular weight is 307 g/mol. The van der Waals surface area contributed by atoms with Crippen LogP contribution in [0.3, 0.4) is 0 Å². The van der Waals surface area contributed by atoms with Crippen molar-refractivity contribution in [3.05, 3.63) is 45.1 Å². The van der Waals surface area contributed by atoms with Gasteiger partial charge in [0, 0.05) is 10.6 Å². The van der Waals surface area contributed by atoms with Crippen molar-refractivity contribution in [1.29, 1.82) is 0 Å². The molecule has 1 aliphatic carbocycles. The predicted molar refractivity (Wildman–Crippen MR) is 84.5 cm³/mol. The monoisotopic (exact) mass is 306 g/mol. The number of nitrogen functional groups attached to an aromatic ring is 1. The second-order valence-corrected chi connectivity index (χ2v) is 6.38. The van der Waals surface area contributed by atoms with Gasteiger partial charge >= 0.3 is 0 Å². The first-order valence-corrected chi connectivity index (χ1v) is 7.83. The van der Waals surface area contributed by atoms with Gasteiger partial charge in [-0.2, -0.15) is 0 Å². The van der Waals surface area contributed by atoms with E-state index in [1.807, 2.05) is 0 Å². The van der Waals surface area contributed by atoms with Crippen LogP contribution in [0, 0.1) is 0 Å². The van der Waals surface area contributed by atoms with E-state index in [2.05, 4.69) is 16.8 Å². The summed E-state index contributed by atoms with van der Waals surface area (Å²) in [6.45, 7) is 0. The molecule has 5 heteroatoms. The molecule has 20 heavy (non-hydrogen) atoms. The smallest absolute Gasteiger partial charge is 0.231 e. The highest BCUT2D eigenvalue weighted by atomic mass is 35.5. The number of amides is 1. The van der Waals surface area contributed by atoms with Gasteiger partial charge in [0.2, 0.25) is 5.91 Å². The van der Waals surface area contributed by atoms with Crippen LogP contribution in [0.1, 0.15) is 29.2 Å². The Balaban J connectivity index is 1.83. The maximum absolute atomic E-state index is 12.5. The van der Waals surface area contributed by atoms with Crippen LogP contribution in [0.25, 0.3) is 0 Å². The van der Waals surface area contributed by atoms with Crippen molar-refractivity contribution in [2.75, 3.05) is 11.1 Å². The zero-order valence-corrected chi connectivity index (χ0v) is 12.4. The first-order valence-electron chi connectivity index (χ1n) is 6.57. The van der Waals surface area contributed by atoms with E-state index in [9.17, 15) is 4.79 Å². The minimum absolute atomic E-state index is 0.00292. The van der Waals surface area contributed by atoms with Gasteiger partial charge in [-0.05, 0) is 54.5 Å². The first-order chi connectivity index (χ1) is 9.65. The van der Waals surface area contributed by atoms with Crippen molar-refractivity contribution in [1.82, 2.24) is 0 Å². The Hall–Kier alpha value is -1.52. The molecule has 1 aliphatic rings. The Morgan fingerprint density at radius 3 is 3.10 bits per heavy atom. The lowest BCUT2D eigenvalue weighted by atomic mass is 9.87. The maximum atomic E-state index is 12.5. The molecular formula is C15H15ClN2OS. The summed E-state index contributed by atoms with van der Waals surface area (Å²) in [6.07, 6.45) is 3.02. The van der Waals surface area contributed by atoms with E-state index in [1.165, 1.54) is 10.4 Å². The number of hydrogen-bond acceptors (Lipinski definition) is 3. The van der Waals surface area contributed by atoms with Crippen LogP contribution in [0.4, 0.5) is 11.4 Å². The molecular weight excluding hydrogens is 292 g/mol. The zero-order chi connectivity index (χ0) is 14.1. The van der Waals surface area contributed by atoms with Crippen LogP contribution >= 0.6 is 22.9 Å². The molecule has 0 saturated carbocycles. The van der Waals surface area contributed by atoms with Gasteiger partial charge in [0.15, 0.2) is 0 Å². The Bertz CT molecular complexity index is 653. The van der Waals surface area contributed by atoms with Crippen LogP contribution in [-0.2, 0) is 11.2 Å². The fraction of sp³-hybridized carbons (Fsp3) is 0.267. The number of nitrogens with one attached hydrogen (secondary N) is 1. The number of nitrogens with two attached hydrogens (primary N) is 1. The molecule has 0 radical (unpaired) electrons. The fourth-order valence-electron chi connectivity index (χ4n) is 2.62.